The second-order valence-corrected chi connectivity index (χ2v) is 7.87. The Morgan fingerprint density at radius 3 is 2.52 bits per heavy atom. The topological polar surface area (TPSA) is 81.5 Å². The van der Waals surface area contributed by atoms with Crippen molar-refractivity contribution in [2.45, 2.75) is 10.9 Å². The Hall–Kier alpha value is -2.26. The number of imidazole rings is 1. The first-order valence-corrected chi connectivity index (χ1v) is 9.08. The highest BCUT2D eigenvalue weighted by Crippen LogP contribution is 2.36. The number of carbonyl (C=O) groups excluding carboxylic acids is 1. The zero-order valence-electron chi connectivity index (χ0n) is 13.8. The molecule has 0 N–H and O–H groups in total. The predicted molar refractivity (Wildman–Crippen MR) is 86.6 cm³/mol. The largest absolute Gasteiger partial charge is 0.469 e. The van der Waals surface area contributed by atoms with Crippen molar-refractivity contribution in [2.24, 2.45) is 13.0 Å². The summed E-state index contributed by atoms with van der Waals surface area (Å²) in [6.45, 7) is 0.0952. The fourth-order valence-corrected chi connectivity index (χ4v) is 4.51. The lowest BCUT2D eigenvalue weighted by molar-refractivity contribution is -0.145. The maximum Gasteiger partial charge on any atom is 0.310 e. The second kappa shape index (κ2) is 6.57. The maximum absolute atomic E-state index is 13.2. The molecule has 0 unspecified atom stereocenters. The summed E-state index contributed by atoms with van der Waals surface area (Å²) < 4.78 is 46.3. The molecule has 9 heteroatoms. The molecule has 134 valence electrons. The zero-order valence-corrected chi connectivity index (χ0v) is 14.6. The summed E-state index contributed by atoms with van der Waals surface area (Å²) in [5.74, 6) is -1.96. The molecule has 1 aliphatic heterocycles. The molecule has 1 saturated heterocycles. The number of carbonyl (C=O) groups is 1. The molecular formula is C16H18FN3O4S. The molecule has 0 bridgehead atoms. The quantitative estimate of drug-likeness (QED) is 0.757. The average Bonchev–Trinajstić information content (AvgIpc) is 3.22. The molecule has 1 aromatic carbocycles. The summed E-state index contributed by atoms with van der Waals surface area (Å²) in [6.07, 6.45) is 2.81. The van der Waals surface area contributed by atoms with Crippen LogP contribution >= 0.6 is 0 Å². The summed E-state index contributed by atoms with van der Waals surface area (Å²) in [5.41, 5.74) is 0.690. The van der Waals surface area contributed by atoms with E-state index in [0.29, 0.717) is 5.56 Å². The lowest BCUT2D eigenvalue weighted by Gasteiger charge is -2.16. The molecular weight excluding hydrogens is 349 g/mol. The van der Waals surface area contributed by atoms with Gasteiger partial charge in [-0.1, -0.05) is 12.1 Å². The molecule has 0 amide bonds. The number of sulfonamides is 1. The number of halogens is 1. The first-order valence-electron chi connectivity index (χ1n) is 7.64. The molecule has 25 heavy (non-hydrogen) atoms. The van der Waals surface area contributed by atoms with Crippen LogP contribution in [0.15, 0.2) is 41.8 Å². The molecule has 2 aromatic rings. The Labute approximate surface area is 145 Å². The van der Waals surface area contributed by atoms with Gasteiger partial charge in [0.1, 0.15) is 5.82 Å². The fraction of sp³-hybridized carbons (Fsp3) is 0.375. The number of esters is 1. The second-order valence-electron chi connectivity index (χ2n) is 5.99. The van der Waals surface area contributed by atoms with E-state index in [0.717, 1.165) is 0 Å². The number of benzene rings is 1. The van der Waals surface area contributed by atoms with Crippen LogP contribution in [0.2, 0.25) is 0 Å². The van der Waals surface area contributed by atoms with Gasteiger partial charge in [-0.15, -0.1) is 0 Å². The van der Waals surface area contributed by atoms with Gasteiger partial charge in [-0.05, 0) is 17.7 Å². The van der Waals surface area contributed by atoms with Crippen LogP contribution in [0.4, 0.5) is 4.39 Å². The van der Waals surface area contributed by atoms with E-state index in [1.807, 2.05) is 0 Å². The first-order chi connectivity index (χ1) is 11.8. The summed E-state index contributed by atoms with van der Waals surface area (Å²) in [6, 6.07) is 5.71. The van der Waals surface area contributed by atoms with E-state index in [1.165, 1.54) is 40.6 Å². The molecule has 1 aromatic heterocycles. The third-order valence-electron chi connectivity index (χ3n) is 4.37. The van der Waals surface area contributed by atoms with E-state index in [2.05, 4.69) is 4.98 Å². The van der Waals surface area contributed by atoms with Gasteiger partial charge < -0.3 is 9.30 Å². The van der Waals surface area contributed by atoms with Crippen LogP contribution in [0.1, 0.15) is 11.5 Å². The number of rotatable bonds is 4. The molecule has 2 atom stereocenters. The number of ether oxygens (including phenoxy) is 1. The number of hydrogen-bond donors (Lipinski definition) is 0. The van der Waals surface area contributed by atoms with E-state index in [9.17, 15) is 17.6 Å². The monoisotopic (exact) mass is 367 g/mol. The Bertz CT molecular complexity index is 879. The standard InChI is InChI=1S/C16H18FN3O4S/c1-19-9-15(18-10-19)25(22,23)20-7-13(14(8-20)16(21)24-2)11-3-5-12(17)6-4-11/h3-6,9-10,13-14H,7-8H2,1-2H3/t13-,14+/m0/s1. The normalized spacial score (nSPS) is 21.4. The SMILES string of the molecule is COC(=O)[C@@H]1CN(S(=O)(=O)c2cn(C)cn2)C[C@H]1c1ccc(F)cc1. The van der Waals surface area contributed by atoms with Crippen LogP contribution in [0.3, 0.4) is 0 Å². The van der Waals surface area contributed by atoms with E-state index >= 15 is 0 Å². The van der Waals surface area contributed by atoms with Crippen molar-refractivity contribution in [1.29, 1.82) is 0 Å². The van der Waals surface area contributed by atoms with E-state index in [-0.39, 0.29) is 18.1 Å². The highest BCUT2D eigenvalue weighted by Gasteiger charge is 2.44. The smallest absolute Gasteiger partial charge is 0.310 e. The minimum atomic E-state index is -3.82. The Morgan fingerprint density at radius 1 is 1.28 bits per heavy atom. The number of nitrogens with zero attached hydrogens (tertiary/aromatic N) is 3. The minimum Gasteiger partial charge on any atom is -0.469 e. The van der Waals surface area contributed by atoms with Crippen LogP contribution < -0.4 is 0 Å². The van der Waals surface area contributed by atoms with E-state index < -0.39 is 33.6 Å². The first kappa shape index (κ1) is 17.6. The zero-order chi connectivity index (χ0) is 18.2. The molecule has 0 saturated carbocycles. The molecule has 0 aliphatic carbocycles. The lowest BCUT2D eigenvalue weighted by atomic mass is 9.89. The average molecular weight is 367 g/mol. The molecule has 3 rings (SSSR count). The summed E-state index contributed by atoms with van der Waals surface area (Å²) >= 11 is 0. The number of hydrogen-bond acceptors (Lipinski definition) is 5. The number of aromatic nitrogens is 2. The van der Waals surface area contributed by atoms with Gasteiger partial charge in [0.25, 0.3) is 10.0 Å². The van der Waals surface area contributed by atoms with Gasteiger partial charge in [0.15, 0.2) is 5.03 Å². The van der Waals surface area contributed by atoms with Crippen molar-refractivity contribution in [3.8, 4) is 0 Å². The van der Waals surface area contributed by atoms with Gasteiger partial charge >= 0.3 is 5.97 Å². The van der Waals surface area contributed by atoms with Gasteiger partial charge in [-0.2, -0.15) is 4.31 Å². The minimum absolute atomic E-state index is 0.00633. The third kappa shape index (κ3) is 3.29. The van der Waals surface area contributed by atoms with Crippen molar-refractivity contribution in [2.75, 3.05) is 20.2 Å². The highest BCUT2D eigenvalue weighted by molar-refractivity contribution is 7.89. The van der Waals surface area contributed by atoms with Crippen molar-refractivity contribution in [1.82, 2.24) is 13.9 Å². The molecule has 2 heterocycles. The maximum atomic E-state index is 13.2. The van der Waals surface area contributed by atoms with Crippen LogP contribution in [0.25, 0.3) is 0 Å². The summed E-state index contributed by atoms with van der Waals surface area (Å²) in [7, 11) is -0.883. The van der Waals surface area contributed by atoms with Gasteiger partial charge in [0.05, 0.1) is 19.4 Å². The van der Waals surface area contributed by atoms with Gasteiger partial charge in [0, 0.05) is 32.3 Å². The van der Waals surface area contributed by atoms with Gasteiger partial charge in [0.2, 0.25) is 0 Å². The van der Waals surface area contributed by atoms with Gasteiger partial charge in [-0.3, -0.25) is 4.79 Å². The summed E-state index contributed by atoms with van der Waals surface area (Å²) in [5, 5.41) is -0.0710. The Kier molecular flexibility index (Phi) is 4.61. The molecule has 0 spiro atoms. The van der Waals surface area contributed by atoms with E-state index in [4.69, 9.17) is 4.74 Å². The van der Waals surface area contributed by atoms with Crippen molar-refractivity contribution >= 4 is 16.0 Å². The Morgan fingerprint density at radius 2 is 1.96 bits per heavy atom. The molecule has 0 radical (unpaired) electrons. The lowest BCUT2D eigenvalue weighted by Crippen LogP contribution is -2.30. The van der Waals surface area contributed by atoms with Gasteiger partial charge in [-0.25, -0.2) is 17.8 Å². The van der Waals surface area contributed by atoms with Crippen LogP contribution in [0, 0.1) is 11.7 Å². The Balaban J connectivity index is 1.94. The van der Waals surface area contributed by atoms with Crippen LogP contribution in [-0.4, -0.2) is 48.4 Å². The molecule has 1 fully saturated rings. The predicted octanol–water partition coefficient (Wildman–Crippen LogP) is 1.14. The number of aryl methyl sites for hydroxylation is 1. The van der Waals surface area contributed by atoms with Crippen molar-refractivity contribution in [3.05, 3.63) is 48.2 Å². The third-order valence-corrected chi connectivity index (χ3v) is 6.09. The van der Waals surface area contributed by atoms with Crippen LogP contribution in [-0.2, 0) is 26.6 Å². The highest BCUT2D eigenvalue weighted by atomic mass is 32.2. The fourth-order valence-electron chi connectivity index (χ4n) is 3.06. The van der Waals surface area contributed by atoms with Crippen molar-refractivity contribution in [3.63, 3.8) is 0 Å². The van der Waals surface area contributed by atoms with Crippen molar-refractivity contribution < 1.29 is 22.3 Å². The molecule has 1 aliphatic rings. The molecule has 7 nitrogen and oxygen atoms in total. The number of methoxy groups -OCH3 is 1. The van der Waals surface area contributed by atoms with E-state index in [1.54, 1.807) is 19.2 Å². The summed E-state index contributed by atoms with van der Waals surface area (Å²) in [4.78, 5) is 16.0. The van der Waals surface area contributed by atoms with Crippen LogP contribution in [0.5, 0.6) is 0 Å².